The summed E-state index contributed by atoms with van der Waals surface area (Å²) in [5.74, 6) is 1.84. The molecule has 1 aliphatic heterocycles. The van der Waals surface area contributed by atoms with Crippen molar-refractivity contribution >= 4 is 34.2 Å². The molecule has 0 spiro atoms. The van der Waals surface area contributed by atoms with Crippen LogP contribution in [0.5, 0.6) is 0 Å². The molecular weight excluding hydrogens is 356 g/mol. The van der Waals surface area contributed by atoms with Crippen molar-refractivity contribution < 1.29 is 0 Å². The van der Waals surface area contributed by atoms with Crippen LogP contribution in [0.3, 0.4) is 0 Å². The molecule has 6 nitrogen and oxygen atoms in total. The molecule has 0 saturated carbocycles. The molecule has 0 unspecified atom stereocenters. The third kappa shape index (κ3) is 4.41. The van der Waals surface area contributed by atoms with E-state index in [4.69, 9.17) is 11.6 Å². The second-order valence-corrected chi connectivity index (χ2v) is 6.95. The Balaban J connectivity index is 1.54. The maximum atomic E-state index is 6.23. The maximum Gasteiger partial charge on any atom is 0.205 e. The number of piperazine rings is 1. The fourth-order valence-corrected chi connectivity index (χ4v) is 3.78. The molecule has 0 aliphatic carbocycles. The highest BCUT2D eigenvalue weighted by atomic mass is 35.5. The number of aryl methyl sites for hydroxylation is 1. The summed E-state index contributed by atoms with van der Waals surface area (Å²) < 4.78 is 4.38. The van der Waals surface area contributed by atoms with E-state index in [1.807, 2.05) is 31.3 Å². The van der Waals surface area contributed by atoms with Gasteiger partial charge in [0.2, 0.25) is 5.13 Å². The van der Waals surface area contributed by atoms with Gasteiger partial charge in [-0.15, -0.1) is 0 Å². The molecule has 134 valence electrons. The molecular formula is C17H23ClN6S. The zero-order chi connectivity index (χ0) is 17.6. The first-order valence-electron chi connectivity index (χ1n) is 8.47. The Kier molecular flexibility index (Phi) is 6.09. The summed E-state index contributed by atoms with van der Waals surface area (Å²) in [6.45, 7) is 6.41. The number of halogens is 1. The number of nitrogens with zero attached hydrogens (tertiary/aromatic N) is 5. The molecule has 0 bridgehead atoms. The van der Waals surface area contributed by atoms with Gasteiger partial charge in [0.15, 0.2) is 5.96 Å². The van der Waals surface area contributed by atoms with Crippen LogP contribution in [0.15, 0.2) is 29.3 Å². The molecule has 1 aliphatic rings. The Morgan fingerprint density at radius 3 is 2.68 bits per heavy atom. The van der Waals surface area contributed by atoms with Gasteiger partial charge in [-0.3, -0.25) is 4.99 Å². The number of hydrogen-bond donors (Lipinski definition) is 1. The fourth-order valence-electron chi connectivity index (χ4n) is 2.77. The lowest BCUT2D eigenvalue weighted by Crippen LogP contribution is -2.52. The average Bonchev–Trinajstić information content (AvgIpc) is 3.13. The van der Waals surface area contributed by atoms with E-state index in [0.717, 1.165) is 60.1 Å². The number of aliphatic imine (C=N–C) groups is 1. The summed E-state index contributed by atoms with van der Waals surface area (Å²) in [4.78, 5) is 13.6. The van der Waals surface area contributed by atoms with Crippen molar-refractivity contribution in [2.24, 2.45) is 4.99 Å². The number of rotatable bonds is 4. The van der Waals surface area contributed by atoms with Gasteiger partial charge in [0.05, 0.1) is 0 Å². The van der Waals surface area contributed by atoms with Gasteiger partial charge < -0.3 is 15.1 Å². The average molecular weight is 379 g/mol. The quantitative estimate of drug-likeness (QED) is 0.654. The molecule has 1 N–H and O–H groups in total. The standard InChI is InChI=1S/C17H23ClN6S/c1-3-15-21-17(25-22-15)24-10-8-23(9-11-24)16(19-2)20-12-13-6-4-5-7-14(13)18/h4-7H,3,8-12H2,1-2H3,(H,19,20). The lowest BCUT2D eigenvalue weighted by Gasteiger charge is -2.36. The largest absolute Gasteiger partial charge is 0.352 e. The Morgan fingerprint density at radius 1 is 1.28 bits per heavy atom. The van der Waals surface area contributed by atoms with Crippen LogP contribution in [0.25, 0.3) is 0 Å². The highest BCUT2D eigenvalue weighted by molar-refractivity contribution is 7.09. The van der Waals surface area contributed by atoms with Crippen molar-refractivity contribution in [3.8, 4) is 0 Å². The van der Waals surface area contributed by atoms with Crippen molar-refractivity contribution in [2.45, 2.75) is 19.9 Å². The van der Waals surface area contributed by atoms with Gasteiger partial charge in [-0.05, 0) is 11.6 Å². The number of guanidine groups is 1. The minimum absolute atomic E-state index is 0.669. The monoisotopic (exact) mass is 378 g/mol. The molecule has 1 saturated heterocycles. The molecule has 0 amide bonds. The minimum Gasteiger partial charge on any atom is -0.352 e. The minimum atomic E-state index is 0.669. The van der Waals surface area contributed by atoms with E-state index in [9.17, 15) is 0 Å². The van der Waals surface area contributed by atoms with Crippen molar-refractivity contribution in [3.05, 3.63) is 40.7 Å². The van der Waals surface area contributed by atoms with Crippen molar-refractivity contribution in [3.63, 3.8) is 0 Å². The maximum absolute atomic E-state index is 6.23. The van der Waals surface area contributed by atoms with Crippen LogP contribution in [0.1, 0.15) is 18.3 Å². The van der Waals surface area contributed by atoms with Crippen molar-refractivity contribution in [1.29, 1.82) is 0 Å². The van der Waals surface area contributed by atoms with E-state index >= 15 is 0 Å². The first-order valence-corrected chi connectivity index (χ1v) is 9.63. The molecule has 2 heterocycles. The third-order valence-electron chi connectivity index (χ3n) is 4.23. The van der Waals surface area contributed by atoms with Gasteiger partial charge in [-0.2, -0.15) is 4.37 Å². The number of hydrogen-bond acceptors (Lipinski definition) is 5. The zero-order valence-electron chi connectivity index (χ0n) is 14.6. The summed E-state index contributed by atoms with van der Waals surface area (Å²) in [5.41, 5.74) is 1.07. The molecule has 1 aromatic carbocycles. The van der Waals surface area contributed by atoms with E-state index in [1.54, 1.807) is 0 Å². The summed E-state index contributed by atoms with van der Waals surface area (Å²) >= 11 is 7.72. The van der Waals surface area contributed by atoms with Gasteiger partial charge in [0.25, 0.3) is 0 Å². The second kappa shape index (κ2) is 8.49. The van der Waals surface area contributed by atoms with E-state index in [1.165, 1.54) is 11.5 Å². The molecule has 1 fully saturated rings. The SMILES string of the molecule is CCc1nsc(N2CCN(C(=NC)NCc3ccccc3Cl)CC2)n1. The summed E-state index contributed by atoms with van der Waals surface area (Å²) in [6, 6.07) is 7.88. The summed E-state index contributed by atoms with van der Waals surface area (Å²) in [7, 11) is 1.82. The molecule has 2 aromatic rings. The Hall–Kier alpha value is -1.86. The Labute approximate surface area is 157 Å². The van der Waals surface area contributed by atoms with E-state index in [0.29, 0.717) is 6.54 Å². The lowest BCUT2D eigenvalue weighted by molar-refractivity contribution is 0.372. The van der Waals surface area contributed by atoms with Crippen LogP contribution < -0.4 is 10.2 Å². The van der Waals surface area contributed by atoms with Gasteiger partial charge >= 0.3 is 0 Å². The van der Waals surface area contributed by atoms with Crippen LogP contribution in [0, 0.1) is 0 Å². The molecule has 3 rings (SSSR count). The highest BCUT2D eigenvalue weighted by Crippen LogP contribution is 2.19. The normalized spacial score (nSPS) is 15.6. The van der Waals surface area contributed by atoms with E-state index in [2.05, 4.69) is 36.4 Å². The first kappa shape index (κ1) is 17.9. The van der Waals surface area contributed by atoms with Crippen molar-refractivity contribution in [1.82, 2.24) is 19.6 Å². The number of anilines is 1. The van der Waals surface area contributed by atoms with Crippen LogP contribution in [0.2, 0.25) is 5.02 Å². The van der Waals surface area contributed by atoms with Crippen molar-refractivity contribution in [2.75, 3.05) is 38.1 Å². The number of nitrogens with one attached hydrogen (secondary N) is 1. The fraction of sp³-hybridized carbons (Fsp3) is 0.471. The van der Waals surface area contributed by atoms with E-state index in [-0.39, 0.29) is 0 Å². The third-order valence-corrected chi connectivity index (χ3v) is 5.41. The first-order chi connectivity index (χ1) is 12.2. The van der Waals surface area contributed by atoms with Gasteiger partial charge in [0, 0.05) is 62.7 Å². The zero-order valence-corrected chi connectivity index (χ0v) is 16.1. The molecule has 25 heavy (non-hydrogen) atoms. The van der Waals surface area contributed by atoms with Crippen LogP contribution in [-0.2, 0) is 13.0 Å². The summed E-state index contributed by atoms with van der Waals surface area (Å²) in [5, 5.41) is 5.21. The predicted molar refractivity (Wildman–Crippen MR) is 105 cm³/mol. The van der Waals surface area contributed by atoms with Crippen LogP contribution >= 0.6 is 23.1 Å². The number of aromatic nitrogens is 2. The topological polar surface area (TPSA) is 56.7 Å². The Bertz CT molecular complexity index is 723. The molecule has 0 atom stereocenters. The Morgan fingerprint density at radius 2 is 2.04 bits per heavy atom. The number of benzene rings is 1. The molecule has 1 aromatic heterocycles. The molecule has 0 radical (unpaired) electrons. The smallest absolute Gasteiger partial charge is 0.205 e. The van der Waals surface area contributed by atoms with Gasteiger partial charge in [0.1, 0.15) is 5.82 Å². The second-order valence-electron chi connectivity index (χ2n) is 5.81. The lowest BCUT2D eigenvalue weighted by atomic mass is 10.2. The molecule has 8 heteroatoms. The van der Waals surface area contributed by atoms with Gasteiger partial charge in [-0.1, -0.05) is 36.7 Å². The van der Waals surface area contributed by atoms with Crippen LogP contribution in [-0.4, -0.2) is 53.4 Å². The van der Waals surface area contributed by atoms with E-state index < -0.39 is 0 Å². The predicted octanol–water partition coefficient (Wildman–Crippen LogP) is 2.65. The van der Waals surface area contributed by atoms with Crippen LogP contribution in [0.4, 0.5) is 5.13 Å². The summed E-state index contributed by atoms with van der Waals surface area (Å²) in [6.07, 6.45) is 0.884. The van der Waals surface area contributed by atoms with Gasteiger partial charge in [-0.25, -0.2) is 4.98 Å². The highest BCUT2D eigenvalue weighted by Gasteiger charge is 2.22.